The number of nitrogens with zero attached hydrogens (tertiary/aromatic N) is 2. The van der Waals surface area contributed by atoms with Crippen LogP contribution in [0.2, 0.25) is 0 Å². The summed E-state index contributed by atoms with van der Waals surface area (Å²) in [7, 11) is 3.91. The highest BCUT2D eigenvalue weighted by Crippen LogP contribution is 2.31. The molecule has 6 heteroatoms. The fraction of sp³-hybridized carbons (Fsp3) is 0.273. The first kappa shape index (κ1) is 18.3. The molecule has 0 radical (unpaired) electrons. The van der Waals surface area contributed by atoms with Gasteiger partial charge in [-0.2, -0.15) is 0 Å². The lowest BCUT2D eigenvalue weighted by Crippen LogP contribution is -2.24. The second kappa shape index (κ2) is 7.48. The summed E-state index contributed by atoms with van der Waals surface area (Å²) in [4.78, 5) is 27.1. The van der Waals surface area contributed by atoms with Gasteiger partial charge in [-0.05, 0) is 49.8 Å². The molecular weight excluding hydrogens is 354 g/mol. The molecule has 0 aliphatic heterocycles. The molecule has 1 unspecified atom stereocenters. The van der Waals surface area contributed by atoms with Gasteiger partial charge in [-0.1, -0.05) is 36.4 Å². The van der Waals surface area contributed by atoms with E-state index in [0.29, 0.717) is 29.8 Å². The maximum atomic E-state index is 12.9. The van der Waals surface area contributed by atoms with Crippen molar-refractivity contribution in [1.82, 2.24) is 9.47 Å². The predicted octanol–water partition coefficient (Wildman–Crippen LogP) is 3.30. The zero-order valence-corrected chi connectivity index (χ0v) is 16.0. The summed E-state index contributed by atoms with van der Waals surface area (Å²) >= 11 is 0. The number of fused-ring (bicyclic) bond motifs is 2. The first-order chi connectivity index (χ1) is 13.5. The molecule has 2 aromatic carbocycles. The summed E-state index contributed by atoms with van der Waals surface area (Å²) < 4.78 is 6.92. The lowest BCUT2D eigenvalue weighted by molar-refractivity contribution is -0.117. The molecule has 0 saturated heterocycles. The number of amides is 1. The number of hydrogen-bond donors (Lipinski definition) is 1. The molecule has 0 saturated carbocycles. The molecule has 28 heavy (non-hydrogen) atoms. The number of rotatable bonds is 5. The average molecular weight is 377 g/mol. The summed E-state index contributed by atoms with van der Waals surface area (Å²) in [6, 6.07) is 13.3. The third-order valence-electron chi connectivity index (χ3n) is 5.06. The molecule has 0 bridgehead atoms. The van der Waals surface area contributed by atoms with E-state index in [4.69, 9.17) is 4.42 Å². The van der Waals surface area contributed by atoms with E-state index in [1.807, 2.05) is 49.3 Å². The number of anilines is 1. The van der Waals surface area contributed by atoms with Crippen molar-refractivity contribution in [2.75, 3.05) is 26.0 Å². The quantitative estimate of drug-likeness (QED) is 0.741. The predicted molar refractivity (Wildman–Crippen MR) is 110 cm³/mol. The largest absolute Gasteiger partial charge is 0.419 e. The number of nitrogens with one attached hydrogen (secondary N) is 1. The Hall–Kier alpha value is -3.12. The van der Waals surface area contributed by atoms with Crippen molar-refractivity contribution >= 4 is 28.8 Å². The molecule has 1 heterocycles. The van der Waals surface area contributed by atoms with Gasteiger partial charge in [0.05, 0.1) is 11.4 Å². The summed E-state index contributed by atoms with van der Waals surface area (Å²) in [5.74, 6) is -0.661. The van der Waals surface area contributed by atoms with Crippen molar-refractivity contribution in [2.24, 2.45) is 0 Å². The third kappa shape index (κ3) is 3.51. The number of allylic oxidation sites excluding steroid dienone is 1. The fourth-order valence-electron chi connectivity index (χ4n) is 3.57. The molecule has 1 atom stereocenters. The molecule has 1 N–H and O–H groups in total. The van der Waals surface area contributed by atoms with Crippen LogP contribution in [-0.2, 0) is 11.3 Å². The molecule has 4 rings (SSSR count). The highest BCUT2D eigenvalue weighted by Gasteiger charge is 2.24. The van der Waals surface area contributed by atoms with Crippen LogP contribution in [0.1, 0.15) is 23.5 Å². The normalized spacial score (nSPS) is 15.8. The lowest BCUT2D eigenvalue weighted by Gasteiger charge is -2.21. The number of hydrogen-bond acceptors (Lipinski definition) is 4. The Morgan fingerprint density at radius 1 is 1.25 bits per heavy atom. The van der Waals surface area contributed by atoms with E-state index in [0.717, 1.165) is 17.7 Å². The fourth-order valence-corrected chi connectivity index (χ4v) is 3.57. The first-order valence-electron chi connectivity index (χ1n) is 9.37. The lowest BCUT2D eigenvalue weighted by atomic mass is 9.86. The zero-order valence-electron chi connectivity index (χ0n) is 16.0. The molecule has 3 aromatic rings. The van der Waals surface area contributed by atoms with Gasteiger partial charge in [0, 0.05) is 18.8 Å². The second-order valence-corrected chi connectivity index (χ2v) is 7.31. The summed E-state index contributed by atoms with van der Waals surface area (Å²) in [6.45, 7) is 1.24. The molecule has 1 aliphatic rings. The Balaban J connectivity index is 1.60. The maximum absolute atomic E-state index is 12.9. The monoisotopic (exact) mass is 377 g/mol. The highest BCUT2D eigenvalue weighted by atomic mass is 16.4. The standard InChI is InChI=1S/C22H23N3O3/c1-24(2)12-13-25-19-14-16(10-11-20(19)28-22(25)27)23-21(26)18-9-5-7-15-6-3-4-8-17(15)18/h3-8,10-11,14,18H,9,12-13H2,1-2H3,(H,23,26). The van der Waals surface area contributed by atoms with Crippen LogP contribution in [0.5, 0.6) is 0 Å². The Labute approximate surface area is 163 Å². The molecule has 1 amide bonds. The second-order valence-electron chi connectivity index (χ2n) is 7.31. The average Bonchev–Trinajstić information content (AvgIpc) is 3.00. The van der Waals surface area contributed by atoms with Gasteiger partial charge in [-0.3, -0.25) is 9.36 Å². The summed E-state index contributed by atoms with van der Waals surface area (Å²) in [5, 5.41) is 3.01. The highest BCUT2D eigenvalue weighted by molar-refractivity contribution is 5.98. The van der Waals surface area contributed by atoms with Gasteiger partial charge in [-0.15, -0.1) is 0 Å². The van der Waals surface area contributed by atoms with E-state index in [9.17, 15) is 9.59 Å². The van der Waals surface area contributed by atoms with E-state index >= 15 is 0 Å². The first-order valence-corrected chi connectivity index (χ1v) is 9.37. The molecular formula is C22H23N3O3. The van der Waals surface area contributed by atoms with Gasteiger partial charge in [0.25, 0.3) is 0 Å². The van der Waals surface area contributed by atoms with Crippen LogP contribution in [0.25, 0.3) is 17.2 Å². The Morgan fingerprint density at radius 3 is 2.89 bits per heavy atom. The van der Waals surface area contributed by atoms with Gasteiger partial charge in [0.15, 0.2) is 5.58 Å². The number of carbonyl (C=O) groups is 1. The van der Waals surface area contributed by atoms with E-state index in [-0.39, 0.29) is 17.6 Å². The van der Waals surface area contributed by atoms with E-state index in [1.165, 1.54) is 0 Å². The topological polar surface area (TPSA) is 67.5 Å². The van der Waals surface area contributed by atoms with Crippen molar-refractivity contribution < 1.29 is 9.21 Å². The van der Waals surface area contributed by atoms with Crippen LogP contribution in [-0.4, -0.2) is 36.0 Å². The Bertz CT molecular complexity index is 1110. The van der Waals surface area contributed by atoms with Crippen molar-refractivity contribution in [1.29, 1.82) is 0 Å². The number of likely N-dealkylation sites (N-methyl/N-ethyl adjacent to an activating group) is 1. The summed E-state index contributed by atoms with van der Waals surface area (Å²) in [6.07, 6.45) is 4.76. The summed E-state index contributed by atoms with van der Waals surface area (Å²) in [5.41, 5.74) is 3.98. The smallest absolute Gasteiger partial charge is 0.408 e. The van der Waals surface area contributed by atoms with Crippen LogP contribution < -0.4 is 11.1 Å². The maximum Gasteiger partial charge on any atom is 0.419 e. The molecule has 1 aliphatic carbocycles. The van der Waals surface area contributed by atoms with Gasteiger partial charge in [0.2, 0.25) is 5.91 Å². The van der Waals surface area contributed by atoms with Crippen LogP contribution in [0.3, 0.4) is 0 Å². The van der Waals surface area contributed by atoms with Crippen molar-refractivity contribution in [2.45, 2.75) is 18.9 Å². The SMILES string of the molecule is CN(C)CCn1c(=O)oc2ccc(NC(=O)C3CC=Cc4ccccc43)cc21. The van der Waals surface area contributed by atoms with Crippen LogP contribution in [0.15, 0.2) is 57.8 Å². The van der Waals surface area contributed by atoms with E-state index < -0.39 is 0 Å². The number of benzene rings is 2. The zero-order chi connectivity index (χ0) is 19.7. The molecule has 1 aromatic heterocycles. The number of carbonyl (C=O) groups excluding carboxylic acids is 1. The molecule has 0 spiro atoms. The van der Waals surface area contributed by atoms with Crippen molar-refractivity contribution in [3.63, 3.8) is 0 Å². The van der Waals surface area contributed by atoms with Gasteiger partial charge in [-0.25, -0.2) is 4.79 Å². The minimum absolute atomic E-state index is 0.0539. The number of aromatic nitrogens is 1. The third-order valence-corrected chi connectivity index (χ3v) is 5.06. The van der Waals surface area contributed by atoms with Gasteiger partial charge >= 0.3 is 5.76 Å². The van der Waals surface area contributed by atoms with Crippen LogP contribution >= 0.6 is 0 Å². The minimum atomic E-state index is -0.383. The number of oxazole rings is 1. The van der Waals surface area contributed by atoms with E-state index in [2.05, 4.69) is 11.4 Å². The Morgan fingerprint density at radius 2 is 2.07 bits per heavy atom. The van der Waals surface area contributed by atoms with Gasteiger partial charge in [0.1, 0.15) is 0 Å². The van der Waals surface area contributed by atoms with E-state index in [1.54, 1.807) is 22.8 Å². The minimum Gasteiger partial charge on any atom is -0.408 e. The van der Waals surface area contributed by atoms with Crippen LogP contribution in [0, 0.1) is 0 Å². The van der Waals surface area contributed by atoms with Crippen molar-refractivity contribution in [3.05, 3.63) is 70.2 Å². The Kier molecular flexibility index (Phi) is 4.88. The molecule has 0 fully saturated rings. The van der Waals surface area contributed by atoms with Crippen LogP contribution in [0.4, 0.5) is 5.69 Å². The molecule has 6 nitrogen and oxygen atoms in total. The van der Waals surface area contributed by atoms with Gasteiger partial charge < -0.3 is 14.6 Å². The molecule has 144 valence electrons. The van der Waals surface area contributed by atoms with Crippen molar-refractivity contribution in [3.8, 4) is 0 Å².